The highest BCUT2D eigenvalue weighted by Crippen LogP contribution is 2.23. The zero-order valence-corrected chi connectivity index (χ0v) is 13.4. The van der Waals surface area contributed by atoms with E-state index in [1.807, 2.05) is 19.1 Å². The molecule has 0 aromatic heterocycles. The molecular weight excluding hydrogens is 305 g/mol. The van der Waals surface area contributed by atoms with Crippen molar-refractivity contribution in [2.75, 3.05) is 18.6 Å². The number of benzene rings is 1. The Balaban J connectivity index is 2.69. The van der Waals surface area contributed by atoms with Crippen LogP contribution < -0.4 is 5.32 Å². The minimum atomic E-state index is -2.93. The highest BCUT2D eigenvalue weighted by Gasteiger charge is 2.12. The summed E-state index contributed by atoms with van der Waals surface area (Å²) in [7, 11) is -2.93. The third kappa shape index (κ3) is 6.61. The van der Waals surface area contributed by atoms with Gasteiger partial charge in [0.25, 0.3) is 0 Å². The van der Waals surface area contributed by atoms with Gasteiger partial charge in [0.1, 0.15) is 9.84 Å². The molecule has 108 valence electrons. The molecule has 1 rings (SSSR count). The van der Waals surface area contributed by atoms with Gasteiger partial charge in [-0.05, 0) is 37.1 Å². The fraction of sp³-hybridized carbons (Fsp3) is 0.538. The van der Waals surface area contributed by atoms with Gasteiger partial charge >= 0.3 is 0 Å². The fourth-order valence-electron chi connectivity index (χ4n) is 1.87. The highest BCUT2D eigenvalue weighted by atomic mass is 35.5. The second-order valence-corrected chi connectivity index (χ2v) is 7.70. The quantitative estimate of drug-likeness (QED) is 0.839. The molecule has 0 spiro atoms. The van der Waals surface area contributed by atoms with Crippen molar-refractivity contribution < 1.29 is 8.42 Å². The second-order valence-electron chi connectivity index (χ2n) is 4.63. The molecule has 1 N–H and O–H groups in total. The number of sulfone groups is 1. The lowest BCUT2D eigenvalue weighted by atomic mass is 10.0. The van der Waals surface area contributed by atoms with Gasteiger partial charge in [0.2, 0.25) is 0 Å². The molecule has 0 radical (unpaired) electrons. The minimum Gasteiger partial charge on any atom is -0.314 e. The summed E-state index contributed by atoms with van der Waals surface area (Å²) < 4.78 is 22.4. The zero-order valence-electron chi connectivity index (χ0n) is 11.1. The Bertz CT molecular complexity index is 517. The van der Waals surface area contributed by atoms with Gasteiger partial charge in [0.05, 0.1) is 15.8 Å². The molecule has 0 fully saturated rings. The topological polar surface area (TPSA) is 46.2 Å². The molecule has 0 amide bonds. The number of halogens is 2. The van der Waals surface area contributed by atoms with Crippen molar-refractivity contribution in [3.05, 3.63) is 33.8 Å². The molecule has 0 aliphatic heterocycles. The SMILES string of the molecule is CCNC(CCS(C)(=O)=O)Cc1ccc(Cl)c(Cl)c1. The van der Waals surface area contributed by atoms with Crippen molar-refractivity contribution in [2.45, 2.75) is 25.8 Å². The lowest BCUT2D eigenvalue weighted by molar-refractivity contribution is 0.506. The van der Waals surface area contributed by atoms with Crippen molar-refractivity contribution in [1.29, 1.82) is 0 Å². The Morgan fingerprint density at radius 2 is 1.95 bits per heavy atom. The monoisotopic (exact) mass is 323 g/mol. The van der Waals surface area contributed by atoms with Crippen LogP contribution >= 0.6 is 23.2 Å². The molecule has 19 heavy (non-hydrogen) atoms. The molecule has 0 aliphatic carbocycles. The van der Waals surface area contributed by atoms with Crippen LogP contribution in [0.2, 0.25) is 10.0 Å². The Morgan fingerprint density at radius 1 is 1.26 bits per heavy atom. The molecule has 0 saturated carbocycles. The van der Waals surface area contributed by atoms with E-state index in [0.29, 0.717) is 16.5 Å². The Hall–Kier alpha value is -0.290. The van der Waals surface area contributed by atoms with Gasteiger partial charge in [0.15, 0.2) is 0 Å². The van der Waals surface area contributed by atoms with Crippen LogP contribution in [0.5, 0.6) is 0 Å². The normalized spacial score (nSPS) is 13.5. The van der Waals surface area contributed by atoms with Crippen molar-refractivity contribution in [3.8, 4) is 0 Å². The van der Waals surface area contributed by atoms with E-state index in [-0.39, 0.29) is 11.8 Å². The number of nitrogens with one attached hydrogen (secondary N) is 1. The number of hydrogen-bond acceptors (Lipinski definition) is 3. The maximum absolute atomic E-state index is 11.2. The minimum absolute atomic E-state index is 0.122. The predicted molar refractivity (Wildman–Crippen MR) is 82.0 cm³/mol. The van der Waals surface area contributed by atoms with Gasteiger partial charge in [-0.3, -0.25) is 0 Å². The Kier molecular flexibility index (Phi) is 6.60. The summed E-state index contributed by atoms with van der Waals surface area (Å²) in [6.07, 6.45) is 2.59. The largest absolute Gasteiger partial charge is 0.314 e. The van der Waals surface area contributed by atoms with E-state index in [4.69, 9.17) is 23.2 Å². The average molecular weight is 324 g/mol. The maximum Gasteiger partial charge on any atom is 0.147 e. The lowest BCUT2D eigenvalue weighted by Gasteiger charge is -2.17. The lowest BCUT2D eigenvalue weighted by Crippen LogP contribution is -2.32. The first-order valence-electron chi connectivity index (χ1n) is 6.17. The van der Waals surface area contributed by atoms with Crippen molar-refractivity contribution >= 4 is 33.0 Å². The van der Waals surface area contributed by atoms with Crippen LogP contribution in [-0.4, -0.2) is 33.0 Å². The Labute approximate surface area is 125 Å². The first kappa shape index (κ1) is 16.8. The standard InChI is InChI=1S/C13H19Cl2NO2S/c1-3-16-11(6-7-19(2,17)18)8-10-4-5-12(14)13(15)9-10/h4-5,9,11,16H,3,6-8H2,1-2H3. The smallest absolute Gasteiger partial charge is 0.147 e. The van der Waals surface area contributed by atoms with Crippen molar-refractivity contribution in [3.63, 3.8) is 0 Å². The van der Waals surface area contributed by atoms with Gasteiger partial charge in [-0.25, -0.2) is 8.42 Å². The van der Waals surface area contributed by atoms with Crippen molar-refractivity contribution in [2.24, 2.45) is 0 Å². The van der Waals surface area contributed by atoms with Crippen LogP contribution in [0.1, 0.15) is 18.9 Å². The summed E-state index contributed by atoms with van der Waals surface area (Å²) in [6, 6.07) is 5.63. The van der Waals surface area contributed by atoms with Crippen LogP contribution in [0.15, 0.2) is 18.2 Å². The zero-order chi connectivity index (χ0) is 14.5. The molecule has 3 nitrogen and oxygen atoms in total. The number of likely N-dealkylation sites (N-methyl/N-ethyl adjacent to an activating group) is 1. The third-order valence-corrected chi connectivity index (χ3v) is 4.51. The molecule has 0 bridgehead atoms. The highest BCUT2D eigenvalue weighted by molar-refractivity contribution is 7.90. The van der Waals surface area contributed by atoms with E-state index in [1.165, 1.54) is 6.26 Å². The summed E-state index contributed by atoms with van der Waals surface area (Å²) in [4.78, 5) is 0. The van der Waals surface area contributed by atoms with E-state index >= 15 is 0 Å². The van der Waals surface area contributed by atoms with Gasteiger partial charge in [0, 0.05) is 12.3 Å². The average Bonchev–Trinajstić information content (AvgIpc) is 2.30. The summed E-state index contributed by atoms with van der Waals surface area (Å²) in [5.41, 5.74) is 1.05. The maximum atomic E-state index is 11.2. The van der Waals surface area contributed by atoms with Gasteiger partial charge in [-0.15, -0.1) is 0 Å². The molecule has 1 aromatic rings. The summed E-state index contributed by atoms with van der Waals surface area (Å²) >= 11 is 11.8. The van der Waals surface area contributed by atoms with E-state index < -0.39 is 9.84 Å². The van der Waals surface area contributed by atoms with E-state index in [2.05, 4.69) is 5.32 Å². The van der Waals surface area contributed by atoms with Crippen LogP contribution in [0.4, 0.5) is 0 Å². The summed E-state index contributed by atoms with van der Waals surface area (Å²) in [6.45, 7) is 2.80. The van der Waals surface area contributed by atoms with Crippen LogP contribution in [0.3, 0.4) is 0 Å². The van der Waals surface area contributed by atoms with Gasteiger partial charge in [-0.2, -0.15) is 0 Å². The first-order chi connectivity index (χ1) is 8.81. The molecule has 0 heterocycles. The Morgan fingerprint density at radius 3 is 2.47 bits per heavy atom. The van der Waals surface area contributed by atoms with E-state index in [0.717, 1.165) is 18.5 Å². The fourth-order valence-corrected chi connectivity index (χ4v) is 2.91. The first-order valence-corrected chi connectivity index (χ1v) is 8.98. The van der Waals surface area contributed by atoms with Crippen LogP contribution in [0, 0.1) is 0 Å². The molecule has 0 saturated heterocycles. The molecular formula is C13H19Cl2NO2S. The predicted octanol–water partition coefficient (Wildman–Crippen LogP) is 2.95. The van der Waals surface area contributed by atoms with Gasteiger partial charge in [-0.1, -0.05) is 36.2 Å². The molecule has 1 unspecified atom stereocenters. The number of rotatable bonds is 7. The van der Waals surface area contributed by atoms with Crippen molar-refractivity contribution in [1.82, 2.24) is 5.32 Å². The van der Waals surface area contributed by atoms with E-state index in [1.54, 1.807) is 6.07 Å². The molecule has 6 heteroatoms. The third-order valence-electron chi connectivity index (χ3n) is 2.80. The molecule has 0 aliphatic rings. The molecule has 1 aromatic carbocycles. The summed E-state index contributed by atoms with van der Waals surface area (Å²) in [5.74, 6) is 0.186. The molecule has 1 atom stereocenters. The van der Waals surface area contributed by atoms with Gasteiger partial charge < -0.3 is 5.32 Å². The van der Waals surface area contributed by atoms with Crippen LogP contribution in [0.25, 0.3) is 0 Å². The van der Waals surface area contributed by atoms with E-state index in [9.17, 15) is 8.42 Å². The second kappa shape index (κ2) is 7.48. The number of hydrogen-bond donors (Lipinski definition) is 1. The van der Waals surface area contributed by atoms with Crippen LogP contribution in [-0.2, 0) is 16.3 Å². The summed E-state index contributed by atoms with van der Waals surface area (Å²) in [5, 5.41) is 4.35.